The Bertz CT molecular complexity index is 710. The molecule has 2 aliphatic carbocycles. The van der Waals surface area contributed by atoms with E-state index >= 15 is 0 Å². The quantitative estimate of drug-likeness (QED) is 0.368. The summed E-state index contributed by atoms with van der Waals surface area (Å²) < 4.78 is 0. The van der Waals surface area contributed by atoms with Crippen LogP contribution in [-0.4, -0.2) is 52.5 Å². The van der Waals surface area contributed by atoms with Crippen molar-refractivity contribution in [1.29, 1.82) is 0 Å². The van der Waals surface area contributed by atoms with E-state index in [1.54, 1.807) is 24.3 Å². The van der Waals surface area contributed by atoms with Crippen molar-refractivity contribution in [3.05, 3.63) is 42.0 Å². The van der Waals surface area contributed by atoms with Crippen LogP contribution in [0.25, 0.3) is 0 Å². The van der Waals surface area contributed by atoms with Crippen molar-refractivity contribution in [3.63, 3.8) is 0 Å². The SMILES string of the molecule is O=C1CC(c2ccc(O)cc2)CC(=O)C1[C@@H]([C@H]1CC=CCC1)N(CCCl)CCCl. The zero-order valence-corrected chi connectivity index (χ0v) is 18.1. The number of Topliss-reactive ketones (excluding diaryl/α,β-unsaturated/α-hetero) is 2. The summed E-state index contributed by atoms with van der Waals surface area (Å²) >= 11 is 12.1. The second-order valence-electron chi connectivity index (χ2n) is 8.06. The maximum atomic E-state index is 13.3. The minimum Gasteiger partial charge on any atom is -0.508 e. The number of phenolic OH excluding ortho intramolecular Hbond substituents is 1. The Labute approximate surface area is 182 Å². The maximum Gasteiger partial charge on any atom is 0.145 e. The lowest BCUT2D eigenvalue weighted by molar-refractivity contribution is -0.140. The third kappa shape index (κ3) is 5.42. The maximum absolute atomic E-state index is 13.3. The molecule has 0 amide bonds. The van der Waals surface area contributed by atoms with Gasteiger partial charge in [0, 0.05) is 43.7 Å². The van der Waals surface area contributed by atoms with Gasteiger partial charge >= 0.3 is 0 Å². The van der Waals surface area contributed by atoms with E-state index in [4.69, 9.17) is 23.2 Å². The summed E-state index contributed by atoms with van der Waals surface area (Å²) in [5, 5.41) is 9.51. The summed E-state index contributed by atoms with van der Waals surface area (Å²) in [4.78, 5) is 28.7. The molecule has 0 aromatic heterocycles. The lowest BCUT2D eigenvalue weighted by Crippen LogP contribution is -2.54. The summed E-state index contributed by atoms with van der Waals surface area (Å²) in [5.41, 5.74) is 0.929. The Balaban J connectivity index is 1.85. The van der Waals surface area contributed by atoms with Gasteiger partial charge in [0.25, 0.3) is 0 Å². The number of halogens is 2. The minimum atomic E-state index is -0.605. The molecule has 1 fully saturated rings. The molecule has 3 rings (SSSR count). The van der Waals surface area contributed by atoms with E-state index in [9.17, 15) is 14.7 Å². The number of carbonyl (C=O) groups excluding carboxylic acids is 2. The topological polar surface area (TPSA) is 57.6 Å². The summed E-state index contributed by atoms with van der Waals surface area (Å²) in [7, 11) is 0. The Morgan fingerprint density at radius 3 is 2.14 bits per heavy atom. The summed E-state index contributed by atoms with van der Waals surface area (Å²) in [6, 6.07) is 6.68. The van der Waals surface area contributed by atoms with Gasteiger partial charge in [0.15, 0.2) is 0 Å². The van der Waals surface area contributed by atoms with Crippen molar-refractivity contribution in [2.24, 2.45) is 11.8 Å². The van der Waals surface area contributed by atoms with Crippen LogP contribution in [0.4, 0.5) is 0 Å². The first kappa shape index (κ1) is 22.3. The number of aromatic hydroxyl groups is 1. The molecule has 1 aromatic rings. The van der Waals surface area contributed by atoms with Crippen LogP contribution in [0.15, 0.2) is 36.4 Å². The lowest BCUT2D eigenvalue weighted by Gasteiger charge is -2.43. The van der Waals surface area contributed by atoms with E-state index in [2.05, 4.69) is 17.1 Å². The molecule has 1 saturated carbocycles. The fourth-order valence-electron chi connectivity index (χ4n) is 4.89. The van der Waals surface area contributed by atoms with Crippen molar-refractivity contribution in [1.82, 2.24) is 4.90 Å². The zero-order chi connectivity index (χ0) is 20.8. The first-order chi connectivity index (χ1) is 14.0. The van der Waals surface area contributed by atoms with Gasteiger partial charge in [-0.1, -0.05) is 24.3 Å². The lowest BCUT2D eigenvalue weighted by atomic mass is 9.69. The van der Waals surface area contributed by atoms with Crippen molar-refractivity contribution in [2.45, 2.75) is 44.1 Å². The Kier molecular flexibility index (Phi) is 8.16. The first-order valence-electron chi connectivity index (χ1n) is 10.4. The highest BCUT2D eigenvalue weighted by molar-refractivity contribution is 6.18. The van der Waals surface area contributed by atoms with Gasteiger partial charge in [0.1, 0.15) is 17.3 Å². The van der Waals surface area contributed by atoms with E-state index in [1.807, 2.05) is 0 Å². The number of nitrogens with zero attached hydrogens (tertiary/aromatic N) is 1. The van der Waals surface area contributed by atoms with Gasteiger partial charge in [-0.05, 0) is 48.8 Å². The average Bonchev–Trinajstić information content (AvgIpc) is 2.72. The third-order valence-electron chi connectivity index (χ3n) is 6.25. The number of phenols is 1. The summed E-state index contributed by atoms with van der Waals surface area (Å²) in [6.45, 7) is 1.25. The Hall–Kier alpha value is -1.36. The van der Waals surface area contributed by atoms with Gasteiger partial charge in [-0.3, -0.25) is 14.5 Å². The molecule has 1 aromatic carbocycles. The van der Waals surface area contributed by atoms with Gasteiger partial charge in [-0.2, -0.15) is 0 Å². The molecular formula is C23H29Cl2NO3. The molecule has 0 bridgehead atoms. The van der Waals surface area contributed by atoms with Crippen LogP contribution < -0.4 is 0 Å². The van der Waals surface area contributed by atoms with Crippen LogP contribution >= 0.6 is 23.2 Å². The minimum absolute atomic E-state index is 0.0213. The third-order valence-corrected chi connectivity index (χ3v) is 6.59. The summed E-state index contributed by atoms with van der Waals surface area (Å²) in [6.07, 6.45) is 7.88. The van der Waals surface area contributed by atoms with Gasteiger partial charge in [-0.25, -0.2) is 0 Å². The highest BCUT2D eigenvalue weighted by Gasteiger charge is 2.45. The largest absolute Gasteiger partial charge is 0.508 e. The van der Waals surface area contributed by atoms with Crippen molar-refractivity contribution in [3.8, 4) is 5.75 Å². The number of rotatable bonds is 8. The van der Waals surface area contributed by atoms with Crippen molar-refractivity contribution in [2.75, 3.05) is 24.8 Å². The number of allylic oxidation sites excluding steroid dienone is 2. The molecule has 29 heavy (non-hydrogen) atoms. The van der Waals surface area contributed by atoms with Gasteiger partial charge in [0.2, 0.25) is 0 Å². The number of hydrogen-bond acceptors (Lipinski definition) is 4. The van der Waals surface area contributed by atoms with E-state index < -0.39 is 5.92 Å². The number of alkyl halides is 2. The first-order valence-corrected chi connectivity index (χ1v) is 11.5. The standard InChI is InChI=1S/C23H29Cl2NO3/c24-10-12-26(13-11-25)23(17-4-2-1-3-5-17)22-20(28)14-18(15-21(22)29)16-6-8-19(27)9-7-16/h1-2,6-9,17-18,22-23,27H,3-5,10-15H2/t17-,18?,22?,23+/m0/s1. The Morgan fingerprint density at radius 2 is 1.62 bits per heavy atom. The Morgan fingerprint density at radius 1 is 1.00 bits per heavy atom. The second kappa shape index (κ2) is 10.6. The highest BCUT2D eigenvalue weighted by atomic mass is 35.5. The molecule has 4 nitrogen and oxygen atoms in total. The number of hydrogen-bond donors (Lipinski definition) is 1. The predicted octanol–water partition coefficient (Wildman–Crippen LogP) is 4.53. The molecule has 0 spiro atoms. The average molecular weight is 438 g/mol. The molecule has 0 saturated heterocycles. The van der Waals surface area contributed by atoms with Crippen LogP contribution in [0.2, 0.25) is 0 Å². The molecular weight excluding hydrogens is 409 g/mol. The molecule has 0 radical (unpaired) electrons. The van der Waals surface area contributed by atoms with E-state index in [-0.39, 0.29) is 35.2 Å². The van der Waals surface area contributed by atoms with Crippen LogP contribution in [0.1, 0.15) is 43.6 Å². The van der Waals surface area contributed by atoms with Crippen LogP contribution in [-0.2, 0) is 9.59 Å². The number of ketones is 2. The van der Waals surface area contributed by atoms with E-state index in [1.165, 1.54) is 0 Å². The fraction of sp³-hybridized carbons (Fsp3) is 0.565. The summed E-state index contributed by atoms with van der Waals surface area (Å²) in [5.74, 6) is 0.654. The van der Waals surface area contributed by atoms with Crippen LogP contribution in [0.3, 0.4) is 0 Å². The molecule has 2 atom stereocenters. The molecule has 0 aliphatic heterocycles. The van der Waals surface area contributed by atoms with Crippen LogP contribution in [0, 0.1) is 11.8 Å². The zero-order valence-electron chi connectivity index (χ0n) is 16.6. The number of benzene rings is 1. The van der Waals surface area contributed by atoms with Gasteiger partial charge < -0.3 is 5.11 Å². The molecule has 2 aliphatic rings. The van der Waals surface area contributed by atoms with Crippen molar-refractivity contribution >= 4 is 34.8 Å². The molecule has 6 heteroatoms. The predicted molar refractivity (Wildman–Crippen MR) is 117 cm³/mol. The number of carbonyl (C=O) groups is 2. The molecule has 0 heterocycles. The van der Waals surface area contributed by atoms with Crippen LogP contribution in [0.5, 0.6) is 5.75 Å². The second-order valence-corrected chi connectivity index (χ2v) is 8.81. The molecule has 1 N–H and O–H groups in total. The van der Waals surface area contributed by atoms with Gasteiger partial charge in [-0.15, -0.1) is 23.2 Å². The van der Waals surface area contributed by atoms with Crippen molar-refractivity contribution < 1.29 is 14.7 Å². The fourth-order valence-corrected chi connectivity index (χ4v) is 5.32. The smallest absolute Gasteiger partial charge is 0.145 e. The highest BCUT2D eigenvalue weighted by Crippen LogP contribution is 2.39. The van der Waals surface area contributed by atoms with E-state index in [0.29, 0.717) is 37.7 Å². The monoisotopic (exact) mass is 437 g/mol. The molecule has 158 valence electrons. The normalized spacial score (nSPS) is 26.1. The molecule has 0 unspecified atom stereocenters. The van der Waals surface area contributed by atoms with Gasteiger partial charge in [0.05, 0.1) is 5.92 Å². The van der Waals surface area contributed by atoms with E-state index in [0.717, 1.165) is 24.8 Å².